The average Bonchev–Trinajstić information content (AvgIpc) is 2.99. The molecule has 27 heavy (non-hydrogen) atoms. The molecule has 0 N–H and O–H groups in total. The highest BCUT2D eigenvalue weighted by Crippen LogP contribution is 2.23. The molecule has 0 amide bonds. The highest BCUT2D eigenvalue weighted by molar-refractivity contribution is 6.30. The fourth-order valence-electron chi connectivity index (χ4n) is 2.09. The lowest BCUT2D eigenvalue weighted by Crippen LogP contribution is -2.29. The maximum absolute atomic E-state index is 14.3. The molecule has 4 rings (SSSR count). The van der Waals surface area contributed by atoms with E-state index in [2.05, 4.69) is 5.10 Å². The number of nitrogens with zero attached hydrogens (tertiary/aromatic N) is 3. The first-order chi connectivity index (χ1) is 22.6. The van der Waals surface area contributed by atoms with Crippen molar-refractivity contribution in [2.24, 2.45) is 0 Å². The molecule has 4 nitrogen and oxygen atoms in total. The van der Waals surface area contributed by atoms with E-state index >= 15 is 0 Å². The Balaban J connectivity index is 2.42. The quantitative estimate of drug-likeness (QED) is 0.652. The summed E-state index contributed by atoms with van der Waals surface area (Å²) in [6.07, 6.45) is -17.4. The van der Waals surface area contributed by atoms with Crippen molar-refractivity contribution in [1.29, 1.82) is 0 Å². The monoisotopic (exact) mass is 405 g/mol. The van der Waals surface area contributed by atoms with Crippen molar-refractivity contribution in [2.75, 3.05) is 20.0 Å². The average molecular weight is 406 g/mol. The standard InChI is InChI=1S/C22H24ClN3O/c1-25-13-4-5-18(12-14-25)26-22(27)20-7-3-2-6-19(20)21(24-26)15-16-8-10-17(23)11-9-16/h2-3,6-11,18H,4-5,12-15H2,1H3/i1D3,2D,3D,4D2,5D2,6D,7D,8D,9D,10D,11D,12D2,13D2,14D2,15D2,18D. The normalized spacial score (nSPS) is 44.5. The van der Waals surface area contributed by atoms with Crippen LogP contribution in [-0.2, 0) is 6.37 Å². The molecule has 1 aliphatic heterocycles. The van der Waals surface area contributed by atoms with E-state index in [9.17, 15) is 6.17 Å². The predicted octanol–water partition coefficient (Wildman–Crippen LogP) is 4.30. The Kier molecular flexibility index (Phi) is 1.52. The van der Waals surface area contributed by atoms with Crippen LogP contribution in [0.4, 0.5) is 0 Å². The number of benzene rings is 2. The molecule has 0 spiro atoms. The van der Waals surface area contributed by atoms with Gasteiger partial charge in [-0.3, -0.25) is 4.79 Å². The number of rotatable bonds is 3. The first-order valence-electron chi connectivity index (χ1n) is 19.2. The van der Waals surface area contributed by atoms with E-state index < -0.39 is 142 Å². The number of fused-ring (bicyclic) bond motifs is 1. The minimum Gasteiger partial charge on any atom is -0.306 e. The van der Waals surface area contributed by atoms with Gasteiger partial charge in [-0.1, -0.05) is 41.8 Å². The third kappa shape index (κ3) is 3.92. The lowest BCUT2D eigenvalue weighted by Gasteiger charge is -2.19. The highest BCUT2D eigenvalue weighted by Gasteiger charge is 2.21. The van der Waals surface area contributed by atoms with Crippen molar-refractivity contribution in [3.8, 4) is 0 Å². The van der Waals surface area contributed by atoms with Crippen LogP contribution >= 0.6 is 11.6 Å². The largest absolute Gasteiger partial charge is 0.306 e. The summed E-state index contributed by atoms with van der Waals surface area (Å²) in [4.78, 5) is 13.3. The summed E-state index contributed by atoms with van der Waals surface area (Å²) in [5.41, 5.74) is -4.90. The maximum Gasteiger partial charge on any atom is 0.274 e. The van der Waals surface area contributed by atoms with Gasteiger partial charge in [0.05, 0.1) is 29.4 Å². The number of hydrogen-bond acceptors (Lipinski definition) is 3. The zero-order chi connectivity index (χ0) is 39.9. The Morgan fingerprint density at radius 1 is 1.26 bits per heavy atom. The second kappa shape index (κ2) is 7.83. The van der Waals surface area contributed by atoms with Gasteiger partial charge in [0.2, 0.25) is 0 Å². The Morgan fingerprint density at radius 2 is 2.04 bits per heavy atom. The Bertz CT molecular complexity index is 2030. The Labute approximate surface area is 198 Å². The van der Waals surface area contributed by atoms with Crippen LogP contribution in [0.1, 0.15) is 69.3 Å². The van der Waals surface area contributed by atoms with Crippen molar-refractivity contribution in [1.82, 2.24) is 14.7 Å². The minimum atomic E-state index is -4.67. The fraction of sp³-hybridized carbons (Fsp3) is 0.364. The van der Waals surface area contributed by atoms with E-state index in [1.165, 1.54) is 0 Å². The summed E-state index contributed by atoms with van der Waals surface area (Å²) in [6, 6.07) is -14.1. The van der Waals surface area contributed by atoms with Crippen LogP contribution in [0.25, 0.3) is 10.8 Å². The molecule has 2 aromatic carbocycles. The zero-order valence-electron chi connectivity index (χ0n) is 37.1. The number of aromatic nitrogens is 2. The summed E-state index contributed by atoms with van der Waals surface area (Å²) in [6.45, 7) is -13.0. The number of hydrogen-bond donors (Lipinski definition) is 0. The van der Waals surface area contributed by atoms with E-state index in [1.54, 1.807) is 0 Å². The first kappa shape index (κ1) is 5.25. The van der Waals surface area contributed by atoms with Crippen molar-refractivity contribution in [3.05, 3.63) is 75.0 Å². The van der Waals surface area contributed by atoms with Crippen LogP contribution in [0.2, 0.25) is 5.02 Å². The fourth-order valence-corrected chi connectivity index (χ4v) is 2.18. The molecule has 1 atom stereocenters. The van der Waals surface area contributed by atoms with Crippen LogP contribution in [0.15, 0.2) is 53.1 Å². The van der Waals surface area contributed by atoms with Gasteiger partial charge in [0.25, 0.3) is 5.56 Å². The predicted molar refractivity (Wildman–Crippen MR) is 111 cm³/mol. The molecule has 0 radical (unpaired) electrons. The van der Waals surface area contributed by atoms with Crippen LogP contribution in [0.3, 0.4) is 0 Å². The smallest absolute Gasteiger partial charge is 0.274 e. The SMILES string of the molecule is [2H]c1c([2H])c(C([2H])([2H])c2nn(C3([2H])C([2H])([2H])C([2H])([2H])N(C([2H])([2H])[2H])C([2H])([2H])C([2H])([2H])C3([2H])[2H])c(=O)c3c([2H])c([2H])c([2H])c([2H])c23)c([2H])c([2H])c1Cl. The van der Waals surface area contributed by atoms with E-state index in [0.717, 1.165) is 0 Å². The summed E-state index contributed by atoms with van der Waals surface area (Å²) in [5, 5.41) is 0.193. The lowest BCUT2D eigenvalue weighted by atomic mass is 10.0. The third-order valence-corrected chi connectivity index (χ3v) is 3.40. The summed E-state index contributed by atoms with van der Waals surface area (Å²) >= 11 is 5.85. The molecule has 1 fully saturated rings. The molecule has 1 aliphatic rings. The Hall–Kier alpha value is -2.17. The molecule has 1 unspecified atom stereocenters. The first-order valence-corrected chi connectivity index (χ1v) is 7.56. The Morgan fingerprint density at radius 3 is 2.81 bits per heavy atom. The van der Waals surface area contributed by atoms with Gasteiger partial charge in [-0.05, 0) is 62.8 Å². The van der Waals surface area contributed by atoms with E-state index in [1.807, 2.05) is 0 Å². The minimum absolute atomic E-state index is 0.718. The van der Waals surface area contributed by atoms with E-state index in [-0.39, 0.29) is 0 Å². The van der Waals surface area contributed by atoms with Gasteiger partial charge in [0.1, 0.15) is 0 Å². The van der Waals surface area contributed by atoms with Crippen molar-refractivity contribution >= 4 is 22.4 Å². The van der Waals surface area contributed by atoms with Crippen LogP contribution in [0.5, 0.6) is 0 Å². The molecule has 5 heteroatoms. The van der Waals surface area contributed by atoms with E-state index in [0.29, 0.717) is 0 Å². The second-order valence-electron chi connectivity index (χ2n) is 4.91. The van der Waals surface area contributed by atoms with Gasteiger partial charge >= 0.3 is 0 Å². The number of halogens is 1. The van der Waals surface area contributed by atoms with Gasteiger partial charge < -0.3 is 4.90 Å². The molecule has 140 valence electrons. The van der Waals surface area contributed by atoms with Crippen molar-refractivity contribution in [3.63, 3.8) is 0 Å². The number of likely N-dealkylation sites (tertiary alicyclic amines) is 1. The van der Waals surface area contributed by atoms with Crippen LogP contribution in [0, 0.1) is 0 Å². The zero-order valence-corrected chi connectivity index (χ0v) is 13.9. The van der Waals surface area contributed by atoms with Crippen LogP contribution in [-0.4, -0.2) is 34.6 Å². The summed E-state index contributed by atoms with van der Waals surface area (Å²) < 4.78 is 202. The van der Waals surface area contributed by atoms with Gasteiger partial charge in [-0.2, -0.15) is 5.10 Å². The third-order valence-electron chi connectivity index (χ3n) is 3.21. The molecule has 0 saturated carbocycles. The summed E-state index contributed by atoms with van der Waals surface area (Å²) in [5.74, 6) is 0. The van der Waals surface area contributed by atoms with Crippen molar-refractivity contribution < 1.29 is 32.9 Å². The van der Waals surface area contributed by atoms with Gasteiger partial charge in [-0.25, -0.2) is 4.68 Å². The molecular formula is C22H24ClN3O. The molecule has 1 saturated heterocycles. The molecule has 0 aliphatic carbocycles. The van der Waals surface area contributed by atoms with E-state index in [4.69, 9.17) is 43.1 Å². The van der Waals surface area contributed by atoms with Crippen LogP contribution < -0.4 is 5.56 Å². The molecule has 3 aromatic rings. The molecule has 1 aromatic heterocycles. The maximum atomic E-state index is 14.3. The van der Waals surface area contributed by atoms with Crippen molar-refractivity contribution in [2.45, 2.75) is 31.5 Å². The molecular weight excluding hydrogens is 358 g/mol. The molecule has 0 bridgehead atoms. The van der Waals surface area contributed by atoms with Gasteiger partial charge in [-0.15, -0.1) is 0 Å². The summed E-state index contributed by atoms with van der Waals surface area (Å²) in [7, 11) is 0. The van der Waals surface area contributed by atoms with Gasteiger partial charge in [0, 0.05) is 37.3 Å². The lowest BCUT2D eigenvalue weighted by molar-refractivity contribution is 0.334. The molecule has 2 heterocycles. The second-order valence-corrected chi connectivity index (χ2v) is 5.29. The van der Waals surface area contributed by atoms with Gasteiger partial charge in [0.15, 0.2) is 0 Å². The topological polar surface area (TPSA) is 38.1 Å². The highest BCUT2D eigenvalue weighted by atomic mass is 35.5.